The minimum absolute atomic E-state index is 0.211. The summed E-state index contributed by atoms with van der Waals surface area (Å²) in [5.41, 5.74) is 0. The van der Waals surface area contributed by atoms with Crippen molar-refractivity contribution in [3.63, 3.8) is 0 Å². The minimum Gasteiger partial charge on any atom is -0.457 e. The molecule has 3 amide bonds. The summed E-state index contributed by atoms with van der Waals surface area (Å²) in [6.07, 6.45) is 33.9. The SMILES string of the molecule is CCCCCCCCC=CCCCCCCCCNC(=O)OCCCCCCCCCCCCNC(=O)OC1CCN(C(=O)Oc2ccc(Oc3ccccc3)cc2)CC1. The molecule has 0 bridgehead atoms. The zero-order chi connectivity index (χ0) is 42.6. The van der Waals surface area contributed by atoms with Gasteiger partial charge in [0.2, 0.25) is 0 Å². The molecule has 0 aromatic heterocycles. The van der Waals surface area contributed by atoms with Crippen molar-refractivity contribution in [1.82, 2.24) is 15.5 Å². The molecule has 0 spiro atoms. The number of allylic oxidation sites excluding steroid dienone is 2. The molecule has 1 heterocycles. The van der Waals surface area contributed by atoms with E-state index in [-0.39, 0.29) is 18.3 Å². The Bertz CT molecular complexity index is 1400. The molecule has 3 rings (SSSR count). The summed E-state index contributed by atoms with van der Waals surface area (Å²) in [6.45, 7) is 5.02. The van der Waals surface area contributed by atoms with Crippen molar-refractivity contribution in [3.05, 3.63) is 66.7 Å². The van der Waals surface area contributed by atoms with Crippen molar-refractivity contribution in [1.29, 1.82) is 0 Å². The van der Waals surface area contributed by atoms with E-state index in [1.807, 2.05) is 30.3 Å². The van der Waals surface area contributed by atoms with Crippen LogP contribution in [0.1, 0.15) is 174 Å². The van der Waals surface area contributed by atoms with Crippen molar-refractivity contribution >= 4 is 18.3 Å². The number of rotatable bonds is 33. The maximum absolute atomic E-state index is 12.7. The number of unbranched alkanes of at least 4 members (excludes halogenated alkanes) is 21. The first-order valence-corrected chi connectivity index (χ1v) is 23.8. The van der Waals surface area contributed by atoms with Gasteiger partial charge in [-0.25, -0.2) is 14.4 Å². The van der Waals surface area contributed by atoms with Crippen LogP contribution in [0.4, 0.5) is 14.4 Å². The van der Waals surface area contributed by atoms with Crippen LogP contribution in [0.3, 0.4) is 0 Å². The lowest BCUT2D eigenvalue weighted by Gasteiger charge is -2.30. The van der Waals surface area contributed by atoms with Gasteiger partial charge < -0.3 is 34.5 Å². The first-order valence-electron chi connectivity index (χ1n) is 23.8. The first-order chi connectivity index (χ1) is 29.5. The highest BCUT2D eigenvalue weighted by Gasteiger charge is 2.26. The van der Waals surface area contributed by atoms with Gasteiger partial charge >= 0.3 is 18.3 Å². The molecule has 1 aliphatic rings. The van der Waals surface area contributed by atoms with E-state index in [1.165, 1.54) is 109 Å². The van der Waals surface area contributed by atoms with Gasteiger partial charge in [-0.15, -0.1) is 0 Å². The van der Waals surface area contributed by atoms with Gasteiger partial charge in [0.25, 0.3) is 0 Å². The predicted octanol–water partition coefficient (Wildman–Crippen LogP) is 13.8. The average molecular weight is 834 g/mol. The van der Waals surface area contributed by atoms with E-state index >= 15 is 0 Å². The van der Waals surface area contributed by atoms with Crippen LogP contribution in [-0.2, 0) is 9.47 Å². The summed E-state index contributed by atoms with van der Waals surface area (Å²) in [5.74, 6) is 1.84. The molecule has 10 nitrogen and oxygen atoms in total. The smallest absolute Gasteiger partial charge is 0.415 e. The van der Waals surface area contributed by atoms with Crippen molar-refractivity contribution in [2.75, 3.05) is 32.8 Å². The van der Waals surface area contributed by atoms with Crippen LogP contribution in [0.5, 0.6) is 17.2 Å². The Morgan fingerprint density at radius 1 is 0.567 bits per heavy atom. The highest BCUT2D eigenvalue weighted by atomic mass is 16.6. The van der Waals surface area contributed by atoms with Crippen LogP contribution < -0.4 is 20.1 Å². The van der Waals surface area contributed by atoms with Gasteiger partial charge in [0.05, 0.1) is 6.61 Å². The van der Waals surface area contributed by atoms with E-state index in [1.54, 1.807) is 29.2 Å². The number of ether oxygens (including phenoxy) is 4. The monoisotopic (exact) mass is 834 g/mol. The van der Waals surface area contributed by atoms with E-state index in [4.69, 9.17) is 18.9 Å². The van der Waals surface area contributed by atoms with Crippen LogP contribution in [0.25, 0.3) is 0 Å². The average Bonchev–Trinajstić information content (AvgIpc) is 3.26. The fourth-order valence-corrected chi connectivity index (χ4v) is 7.33. The fourth-order valence-electron chi connectivity index (χ4n) is 7.33. The van der Waals surface area contributed by atoms with E-state index < -0.39 is 6.09 Å². The molecule has 1 aliphatic heterocycles. The second kappa shape index (κ2) is 34.5. The Balaban J connectivity index is 1.01. The van der Waals surface area contributed by atoms with Crippen molar-refractivity contribution < 1.29 is 33.3 Å². The molecule has 60 heavy (non-hydrogen) atoms. The second-order valence-electron chi connectivity index (χ2n) is 16.3. The van der Waals surface area contributed by atoms with E-state index in [2.05, 4.69) is 29.7 Å². The first kappa shape index (κ1) is 50.1. The molecular formula is C50H79N3O7. The maximum Gasteiger partial charge on any atom is 0.415 e. The Morgan fingerprint density at radius 2 is 1.03 bits per heavy atom. The topological polar surface area (TPSA) is 115 Å². The molecule has 0 radical (unpaired) electrons. The molecule has 2 aromatic rings. The molecule has 10 heteroatoms. The zero-order valence-electron chi connectivity index (χ0n) is 37.2. The highest BCUT2D eigenvalue weighted by Crippen LogP contribution is 2.24. The number of hydrogen-bond donors (Lipinski definition) is 2. The number of hydrogen-bond acceptors (Lipinski definition) is 7. The third-order valence-corrected chi connectivity index (χ3v) is 11.0. The van der Waals surface area contributed by atoms with Crippen LogP contribution >= 0.6 is 0 Å². The largest absolute Gasteiger partial charge is 0.457 e. The second-order valence-corrected chi connectivity index (χ2v) is 16.3. The van der Waals surface area contributed by atoms with Gasteiger partial charge in [-0.1, -0.05) is 146 Å². The Kier molecular flexibility index (Phi) is 28.8. The van der Waals surface area contributed by atoms with E-state index in [0.717, 1.165) is 50.7 Å². The number of nitrogens with zero attached hydrogens (tertiary/aromatic N) is 1. The molecule has 1 fully saturated rings. The third kappa shape index (κ3) is 26.1. The van der Waals surface area contributed by atoms with Crippen molar-refractivity contribution in [3.8, 4) is 17.2 Å². The number of nitrogens with one attached hydrogen (secondary N) is 2. The van der Waals surface area contributed by atoms with Gasteiger partial charge in [-0.05, 0) is 81.3 Å². The number of amides is 3. The van der Waals surface area contributed by atoms with Crippen LogP contribution in [-0.4, -0.2) is 62.1 Å². The molecule has 2 aromatic carbocycles. The van der Waals surface area contributed by atoms with Crippen molar-refractivity contribution in [2.45, 2.75) is 180 Å². The zero-order valence-corrected chi connectivity index (χ0v) is 37.2. The molecule has 336 valence electrons. The fraction of sp³-hybridized carbons (Fsp3) is 0.660. The van der Waals surface area contributed by atoms with Crippen LogP contribution in [0, 0.1) is 0 Å². The molecule has 2 N–H and O–H groups in total. The molecule has 0 aliphatic carbocycles. The van der Waals surface area contributed by atoms with E-state index in [0.29, 0.717) is 57.1 Å². The number of carbonyl (C=O) groups excluding carboxylic acids is 3. The standard InChI is InChI=1S/C50H79N3O7/c1-2-3-4-5-6-7-8-9-10-11-12-13-16-19-22-28-39-51-48(54)57-43-30-24-21-18-15-14-17-20-23-29-40-52-49(55)59-47-37-41-53(42-38-47)50(56)60-46-35-33-45(34-36-46)58-44-31-26-25-27-32-44/h9-10,25-27,31-36,47H,2-8,11-24,28-30,37-43H2,1H3,(H,51,54)(H,52,55). The summed E-state index contributed by atoms with van der Waals surface area (Å²) in [7, 11) is 0. The molecule has 1 saturated heterocycles. The summed E-state index contributed by atoms with van der Waals surface area (Å²) in [5, 5.41) is 5.78. The van der Waals surface area contributed by atoms with Crippen molar-refractivity contribution in [2.24, 2.45) is 0 Å². The lowest BCUT2D eigenvalue weighted by atomic mass is 10.1. The van der Waals surface area contributed by atoms with Gasteiger partial charge in [0.15, 0.2) is 0 Å². The normalized spacial score (nSPS) is 13.0. The van der Waals surface area contributed by atoms with Crippen LogP contribution in [0.2, 0.25) is 0 Å². The van der Waals surface area contributed by atoms with E-state index in [9.17, 15) is 14.4 Å². The molecular weight excluding hydrogens is 755 g/mol. The molecule has 0 saturated carbocycles. The Labute approximate surface area is 362 Å². The lowest BCUT2D eigenvalue weighted by Crippen LogP contribution is -2.43. The van der Waals surface area contributed by atoms with Gasteiger partial charge in [0.1, 0.15) is 23.4 Å². The molecule has 0 unspecified atom stereocenters. The summed E-state index contributed by atoms with van der Waals surface area (Å²) in [6, 6.07) is 16.4. The quantitative estimate of drug-likeness (QED) is 0.0543. The third-order valence-electron chi connectivity index (χ3n) is 11.0. The van der Waals surface area contributed by atoms with Gasteiger partial charge in [-0.2, -0.15) is 0 Å². The number of likely N-dealkylation sites (tertiary alicyclic amines) is 1. The highest BCUT2D eigenvalue weighted by molar-refractivity contribution is 5.71. The summed E-state index contributed by atoms with van der Waals surface area (Å²) in [4.78, 5) is 38.6. The Morgan fingerprint density at radius 3 is 1.60 bits per heavy atom. The van der Waals surface area contributed by atoms with Gasteiger partial charge in [-0.3, -0.25) is 0 Å². The number of piperidine rings is 1. The van der Waals surface area contributed by atoms with Gasteiger partial charge in [0, 0.05) is 39.0 Å². The number of carbonyl (C=O) groups is 3. The Hall–Kier alpha value is -4.21. The lowest BCUT2D eigenvalue weighted by molar-refractivity contribution is 0.0525. The summed E-state index contributed by atoms with van der Waals surface area (Å²) < 4.78 is 22.3. The predicted molar refractivity (Wildman–Crippen MR) is 243 cm³/mol. The molecule has 0 atom stereocenters. The van der Waals surface area contributed by atoms with Crippen LogP contribution in [0.15, 0.2) is 66.7 Å². The maximum atomic E-state index is 12.7. The minimum atomic E-state index is -0.410. The number of alkyl carbamates (subject to hydrolysis) is 2. The number of benzene rings is 2. The summed E-state index contributed by atoms with van der Waals surface area (Å²) >= 11 is 0. The number of para-hydroxylation sites is 1.